The van der Waals surface area contributed by atoms with E-state index >= 15 is 0 Å². The standard InChI is InChI=1S/C23H26N2O3/c1-14-11-15(2)20-17(12-14)13-23(3,4)22(21(20)28)25-24-19(27)10-7-16-5-8-18(26)9-6-16/h5-6,8-9,11-12,26H,7,10,13H2,1-4H3,(H,24,27)/b25-22+. The highest BCUT2D eigenvalue weighted by molar-refractivity contribution is 6.49. The highest BCUT2D eigenvalue weighted by Gasteiger charge is 2.39. The number of carbonyl (C=O) groups is 2. The fourth-order valence-electron chi connectivity index (χ4n) is 3.80. The van der Waals surface area contributed by atoms with Gasteiger partial charge in [-0.2, -0.15) is 5.10 Å². The molecule has 28 heavy (non-hydrogen) atoms. The van der Waals surface area contributed by atoms with Gasteiger partial charge in [-0.3, -0.25) is 9.59 Å². The number of amides is 1. The van der Waals surface area contributed by atoms with E-state index < -0.39 is 5.41 Å². The molecule has 1 aliphatic rings. The number of aromatic hydroxyl groups is 1. The molecule has 0 heterocycles. The van der Waals surface area contributed by atoms with Crippen LogP contribution < -0.4 is 5.43 Å². The van der Waals surface area contributed by atoms with Crippen molar-refractivity contribution in [2.75, 3.05) is 0 Å². The largest absolute Gasteiger partial charge is 0.508 e. The topological polar surface area (TPSA) is 78.8 Å². The van der Waals surface area contributed by atoms with Gasteiger partial charge < -0.3 is 5.11 Å². The Balaban J connectivity index is 1.74. The van der Waals surface area contributed by atoms with Crippen molar-refractivity contribution in [3.63, 3.8) is 0 Å². The number of fused-ring (bicyclic) bond motifs is 1. The summed E-state index contributed by atoms with van der Waals surface area (Å²) in [5, 5.41) is 13.5. The third-order valence-electron chi connectivity index (χ3n) is 5.15. The van der Waals surface area contributed by atoms with E-state index in [1.807, 2.05) is 33.8 Å². The van der Waals surface area contributed by atoms with Crippen LogP contribution in [0.5, 0.6) is 5.75 Å². The molecule has 2 aromatic carbocycles. The minimum absolute atomic E-state index is 0.109. The Morgan fingerprint density at radius 2 is 1.86 bits per heavy atom. The zero-order valence-electron chi connectivity index (χ0n) is 16.8. The zero-order valence-corrected chi connectivity index (χ0v) is 16.8. The number of rotatable bonds is 4. The van der Waals surface area contributed by atoms with Gasteiger partial charge in [0.1, 0.15) is 11.5 Å². The molecule has 0 saturated carbocycles. The van der Waals surface area contributed by atoms with E-state index in [2.05, 4.69) is 16.6 Å². The number of Topliss-reactive ketones (excluding diaryl/α,β-unsaturated/α-hetero) is 1. The van der Waals surface area contributed by atoms with Gasteiger partial charge in [0.2, 0.25) is 11.7 Å². The average molecular weight is 378 g/mol. The number of nitrogens with zero attached hydrogens (tertiary/aromatic N) is 1. The number of hydrogen-bond donors (Lipinski definition) is 2. The van der Waals surface area contributed by atoms with Gasteiger partial charge in [-0.1, -0.05) is 43.7 Å². The molecule has 0 aliphatic heterocycles. The van der Waals surface area contributed by atoms with Gasteiger partial charge in [0.05, 0.1) is 0 Å². The lowest BCUT2D eigenvalue weighted by molar-refractivity contribution is -0.121. The number of phenols is 1. The van der Waals surface area contributed by atoms with Crippen molar-refractivity contribution in [2.45, 2.75) is 47.0 Å². The summed E-state index contributed by atoms with van der Waals surface area (Å²) in [4.78, 5) is 25.3. The Hall–Kier alpha value is -2.95. The first-order valence-corrected chi connectivity index (χ1v) is 9.47. The predicted molar refractivity (Wildman–Crippen MR) is 110 cm³/mol. The Kier molecular flexibility index (Phi) is 5.36. The third-order valence-corrected chi connectivity index (χ3v) is 5.15. The lowest BCUT2D eigenvalue weighted by atomic mass is 9.71. The van der Waals surface area contributed by atoms with E-state index in [1.165, 1.54) is 0 Å². The van der Waals surface area contributed by atoms with Crippen molar-refractivity contribution in [2.24, 2.45) is 10.5 Å². The molecule has 0 saturated heterocycles. The maximum Gasteiger partial charge on any atom is 0.240 e. The minimum atomic E-state index is -0.450. The molecule has 0 aromatic heterocycles. The molecule has 0 atom stereocenters. The van der Waals surface area contributed by atoms with Gasteiger partial charge in [0.15, 0.2) is 0 Å². The van der Waals surface area contributed by atoms with Crippen molar-refractivity contribution in [1.82, 2.24) is 5.43 Å². The van der Waals surface area contributed by atoms with E-state index in [1.54, 1.807) is 24.3 Å². The first-order chi connectivity index (χ1) is 13.2. The molecular weight excluding hydrogens is 352 g/mol. The van der Waals surface area contributed by atoms with E-state index in [4.69, 9.17) is 0 Å². The van der Waals surface area contributed by atoms with Crippen molar-refractivity contribution in [3.8, 4) is 5.75 Å². The second-order valence-electron chi connectivity index (χ2n) is 8.17. The van der Waals surface area contributed by atoms with E-state index in [-0.39, 0.29) is 23.9 Å². The first-order valence-electron chi connectivity index (χ1n) is 9.47. The molecule has 2 N–H and O–H groups in total. The summed E-state index contributed by atoms with van der Waals surface area (Å²) in [6.45, 7) is 7.93. The van der Waals surface area contributed by atoms with Crippen LogP contribution in [-0.2, 0) is 17.6 Å². The fourth-order valence-corrected chi connectivity index (χ4v) is 3.80. The van der Waals surface area contributed by atoms with Crippen LogP contribution in [-0.4, -0.2) is 22.5 Å². The molecule has 0 spiro atoms. The SMILES string of the molecule is Cc1cc(C)c2c(c1)CC(C)(C)/C(=N/NC(=O)CCc1ccc(O)cc1)C2=O. The van der Waals surface area contributed by atoms with Crippen LogP contribution in [0.3, 0.4) is 0 Å². The summed E-state index contributed by atoms with van der Waals surface area (Å²) in [5.74, 6) is -0.151. The molecule has 3 rings (SSSR count). The number of benzene rings is 2. The minimum Gasteiger partial charge on any atom is -0.508 e. The Labute approximate surface area is 165 Å². The van der Waals surface area contributed by atoms with E-state index in [0.29, 0.717) is 24.1 Å². The van der Waals surface area contributed by atoms with Gasteiger partial charge in [-0.25, -0.2) is 5.43 Å². The predicted octanol–water partition coefficient (Wildman–Crippen LogP) is 3.88. The van der Waals surface area contributed by atoms with Crippen molar-refractivity contribution in [3.05, 3.63) is 64.2 Å². The number of hydrogen-bond acceptors (Lipinski definition) is 4. The van der Waals surface area contributed by atoms with Crippen LogP contribution >= 0.6 is 0 Å². The number of ketones is 1. The lowest BCUT2D eigenvalue weighted by Gasteiger charge is -2.32. The van der Waals surface area contributed by atoms with Crippen LogP contribution in [0, 0.1) is 19.3 Å². The van der Waals surface area contributed by atoms with Gasteiger partial charge in [-0.15, -0.1) is 0 Å². The summed E-state index contributed by atoms with van der Waals surface area (Å²) in [7, 11) is 0. The highest BCUT2D eigenvalue weighted by Crippen LogP contribution is 2.35. The molecule has 2 aromatic rings. The molecule has 5 heteroatoms. The summed E-state index contributed by atoms with van der Waals surface area (Å²) in [6.07, 6.45) is 1.50. The van der Waals surface area contributed by atoms with Crippen LogP contribution in [0.25, 0.3) is 0 Å². The molecule has 5 nitrogen and oxygen atoms in total. The van der Waals surface area contributed by atoms with Gasteiger partial charge in [0.25, 0.3) is 0 Å². The van der Waals surface area contributed by atoms with Crippen molar-refractivity contribution >= 4 is 17.4 Å². The monoisotopic (exact) mass is 378 g/mol. The fraction of sp³-hybridized carbons (Fsp3) is 0.348. The second-order valence-corrected chi connectivity index (χ2v) is 8.17. The Morgan fingerprint density at radius 1 is 1.18 bits per heavy atom. The van der Waals surface area contributed by atoms with Gasteiger partial charge in [0, 0.05) is 17.4 Å². The lowest BCUT2D eigenvalue weighted by Crippen LogP contribution is -2.41. The maximum absolute atomic E-state index is 13.1. The maximum atomic E-state index is 13.1. The third kappa shape index (κ3) is 4.14. The molecular formula is C23H26N2O3. The number of phenolic OH excluding ortho intramolecular Hbond substituents is 1. The van der Waals surface area contributed by atoms with E-state index in [0.717, 1.165) is 22.3 Å². The van der Waals surface area contributed by atoms with Crippen LogP contribution in [0.1, 0.15) is 52.9 Å². The summed E-state index contributed by atoms with van der Waals surface area (Å²) < 4.78 is 0. The highest BCUT2D eigenvalue weighted by atomic mass is 16.3. The molecule has 1 amide bonds. The van der Waals surface area contributed by atoms with Gasteiger partial charge >= 0.3 is 0 Å². The van der Waals surface area contributed by atoms with Crippen LogP contribution in [0.4, 0.5) is 0 Å². The van der Waals surface area contributed by atoms with Crippen LogP contribution in [0.15, 0.2) is 41.5 Å². The molecule has 0 bridgehead atoms. The molecule has 0 fully saturated rings. The van der Waals surface area contributed by atoms with E-state index in [9.17, 15) is 14.7 Å². The smallest absolute Gasteiger partial charge is 0.240 e. The second kappa shape index (κ2) is 7.58. The molecule has 0 radical (unpaired) electrons. The summed E-state index contributed by atoms with van der Waals surface area (Å²) in [6, 6.07) is 10.8. The summed E-state index contributed by atoms with van der Waals surface area (Å²) in [5.41, 5.74) is 7.30. The number of carbonyl (C=O) groups excluding carboxylic acids is 2. The Morgan fingerprint density at radius 3 is 2.54 bits per heavy atom. The summed E-state index contributed by atoms with van der Waals surface area (Å²) >= 11 is 0. The molecule has 146 valence electrons. The van der Waals surface area contributed by atoms with Gasteiger partial charge in [-0.05, 0) is 55.5 Å². The number of nitrogens with one attached hydrogen (secondary N) is 1. The van der Waals surface area contributed by atoms with Crippen LogP contribution in [0.2, 0.25) is 0 Å². The molecule has 0 unspecified atom stereocenters. The quantitative estimate of drug-likeness (QED) is 0.793. The Bertz CT molecular complexity index is 957. The average Bonchev–Trinajstić information content (AvgIpc) is 2.59. The number of aryl methyl sites for hydroxylation is 3. The number of hydrazone groups is 1. The zero-order chi connectivity index (χ0) is 20.5. The molecule has 1 aliphatic carbocycles. The van der Waals surface area contributed by atoms with Crippen molar-refractivity contribution in [1.29, 1.82) is 0 Å². The van der Waals surface area contributed by atoms with Crippen molar-refractivity contribution < 1.29 is 14.7 Å². The first kappa shape index (κ1) is 19.8. The normalized spacial score (nSPS) is 16.7.